The Bertz CT molecular complexity index is 213. The van der Waals surface area contributed by atoms with E-state index in [9.17, 15) is 4.79 Å². The van der Waals surface area contributed by atoms with Gasteiger partial charge in [0.05, 0.1) is 12.6 Å². The summed E-state index contributed by atoms with van der Waals surface area (Å²) in [6.45, 7) is 4.66. The molecule has 0 aromatic rings. The van der Waals surface area contributed by atoms with Crippen LogP contribution in [0.15, 0.2) is 0 Å². The molecule has 0 aliphatic carbocycles. The zero-order chi connectivity index (χ0) is 8.77. The smallest absolute Gasteiger partial charge is 0.225 e. The molecule has 0 spiro atoms. The van der Waals surface area contributed by atoms with E-state index in [1.54, 1.807) is 0 Å². The Balaban J connectivity index is 2.23. The summed E-state index contributed by atoms with van der Waals surface area (Å²) in [6.07, 6.45) is 2.83. The van der Waals surface area contributed by atoms with E-state index in [1.807, 2.05) is 18.7 Å². The summed E-state index contributed by atoms with van der Waals surface area (Å²) in [6, 6.07) is 0.348. The number of amides is 1. The number of hydrogen-bond donors (Lipinski definition) is 0. The number of hydrogen-bond acceptors (Lipinski definition) is 2. The second kappa shape index (κ2) is 2.46. The molecule has 2 fully saturated rings. The first-order chi connectivity index (χ1) is 5.61. The van der Waals surface area contributed by atoms with E-state index in [4.69, 9.17) is 4.74 Å². The molecular formula is C9H15NO2. The molecule has 68 valence electrons. The number of piperidine rings is 1. The number of ether oxygens (including phenoxy) is 1. The van der Waals surface area contributed by atoms with Gasteiger partial charge in [0.25, 0.3) is 0 Å². The fourth-order valence-electron chi connectivity index (χ4n) is 2.21. The maximum atomic E-state index is 11.5. The summed E-state index contributed by atoms with van der Waals surface area (Å²) in [7, 11) is 0. The average molecular weight is 169 g/mol. The fraction of sp³-hybridized carbons (Fsp3) is 0.889. The average Bonchev–Trinajstić information content (AvgIpc) is 2.29. The Hall–Kier alpha value is -0.570. The van der Waals surface area contributed by atoms with Crippen LogP contribution in [0.2, 0.25) is 0 Å². The van der Waals surface area contributed by atoms with Gasteiger partial charge in [-0.3, -0.25) is 4.79 Å². The van der Waals surface area contributed by atoms with E-state index in [0.29, 0.717) is 12.5 Å². The Kier molecular flexibility index (Phi) is 1.65. The highest BCUT2D eigenvalue weighted by atomic mass is 16.5. The summed E-state index contributed by atoms with van der Waals surface area (Å²) in [5.74, 6) is 0.258. The van der Waals surface area contributed by atoms with Crippen LogP contribution >= 0.6 is 0 Å². The minimum Gasteiger partial charge on any atom is -0.354 e. The molecule has 1 amide bonds. The van der Waals surface area contributed by atoms with Crippen LogP contribution in [0, 0.1) is 0 Å². The lowest BCUT2D eigenvalue weighted by molar-refractivity contribution is -0.148. The largest absolute Gasteiger partial charge is 0.354 e. The second-order valence-corrected chi connectivity index (χ2v) is 4.07. The van der Waals surface area contributed by atoms with E-state index >= 15 is 0 Å². The summed E-state index contributed by atoms with van der Waals surface area (Å²) in [5.41, 5.74) is -0.359. The number of fused-ring (bicyclic) bond motifs is 1. The predicted octanol–water partition coefficient (Wildman–Crippen LogP) is 1.13. The Morgan fingerprint density at radius 3 is 3.00 bits per heavy atom. The van der Waals surface area contributed by atoms with Crippen LogP contribution in [0.3, 0.4) is 0 Å². The lowest BCUT2D eigenvalue weighted by atomic mass is 10.0. The third kappa shape index (κ3) is 1.04. The van der Waals surface area contributed by atoms with Gasteiger partial charge >= 0.3 is 0 Å². The second-order valence-electron chi connectivity index (χ2n) is 4.07. The third-order valence-electron chi connectivity index (χ3n) is 2.77. The standard InChI is InChI=1S/C9H15NO2/c1-9(2)10-7(6-12-9)4-3-5-8(10)11/h7H,3-6H2,1-2H3/t7-/m1/s1. The van der Waals surface area contributed by atoms with Gasteiger partial charge in [-0.05, 0) is 26.7 Å². The van der Waals surface area contributed by atoms with Crippen LogP contribution in [-0.4, -0.2) is 29.2 Å². The monoisotopic (exact) mass is 169 g/mol. The SMILES string of the molecule is CC1(C)OC[C@H]2CCCC(=O)N21. The van der Waals surface area contributed by atoms with Crippen molar-refractivity contribution in [2.45, 2.75) is 44.9 Å². The number of carbonyl (C=O) groups is 1. The zero-order valence-electron chi connectivity index (χ0n) is 7.67. The van der Waals surface area contributed by atoms with Crippen molar-refractivity contribution in [1.29, 1.82) is 0 Å². The molecule has 0 N–H and O–H groups in total. The molecule has 2 rings (SSSR count). The van der Waals surface area contributed by atoms with Crippen LogP contribution < -0.4 is 0 Å². The van der Waals surface area contributed by atoms with Crippen LogP contribution in [0.4, 0.5) is 0 Å². The molecule has 0 radical (unpaired) electrons. The quantitative estimate of drug-likeness (QED) is 0.544. The van der Waals surface area contributed by atoms with E-state index in [1.165, 1.54) is 0 Å². The minimum absolute atomic E-state index is 0.258. The molecule has 2 saturated heterocycles. The van der Waals surface area contributed by atoms with Crippen molar-refractivity contribution in [3.05, 3.63) is 0 Å². The van der Waals surface area contributed by atoms with Crippen LogP contribution in [0.5, 0.6) is 0 Å². The molecule has 2 aliphatic rings. The van der Waals surface area contributed by atoms with E-state index in [-0.39, 0.29) is 11.6 Å². The van der Waals surface area contributed by atoms with Gasteiger partial charge in [0.15, 0.2) is 0 Å². The predicted molar refractivity (Wildman–Crippen MR) is 44.5 cm³/mol. The highest BCUT2D eigenvalue weighted by molar-refractivity contribution is 5.78. The highest BCUT2D eigenvalue weighted by Gasteiger charge is 2.44. The van der Waals surface area contributed by atoms with Crippen molar-refractivity contribution >= 4 is 5.91 Å². The van der Waals surface area contributed by atoms with Gasteiger partial charge in [-0.1, -0.05) is 0 Å². The zero-order valence-corrected chi connectivity index (χ0v) is 7.67. The molecule has 3 heteroatoms. The lowest BCUT2D eigenvalue weighted by Crippen LogP contribution is -2.49. The summed E-state index contributed by atoms with van der Waals surface area (Å²) in [5, 5.41) is 0. The molecule has 1 atom stereocenters. The van der Waals surface area contributed by atoms with Crippen molar-refractivity contribution < 1.29 is 9.53 Å². The van der Waals surface area contributed by atoms with Gasteiger partial charge in [0.2, 0.25) is 5.91 Å². The molecule has 0 bridgehead atoms. The molecule has 0 unspecified atom stereocenters. The molecule has 3 nitrogen and oxygen atoms in total. The molecular weight excluding hydrogens is 154 g/mol. The van der Waals surface area contributed by atoms with Gasteiger partial charge in [0.1, 0.15) is 5.72 Å². The van der Waals surface area contributed by atoms with E-state index in [2.05, 4.69) is 0 Å². The minimum atomic E-state index is -0.359. The number of carbonyl (C=O) groups excluding carboxylic acids is 1. The molecule has 0 aromatic carbocycles. The topological polar surface area (TPSA) is 29.5 Å². The van der Waals surface area contributed by atoms with Gasteiger partial charge < -0.3 is 9.64 Å². The Morgan fingerprint density at radius 1 is 1.58 bits per heavy atom. The first-order valence-electron chi connectivity index (χ1n) is 4.57. The van der Waals surface area contributed by atoms with Crippen molar-refractivity contribution in [3.63, 3.8) is 0 Å². The maximum Gasteiger partial charge on any atom is 0.225 e. The first kappa shape index (κ1) is 8.05. The normalized spacial score (nSPS) is 33.7. The van der Waals surface area contributed by atoms with Crippen LogP contribution in [0.1, 0.15) is 33.1 Å². The summed E-state index contributed by atoms with van der Waals surface area (Å²) >= 11 is 0. The molecule has 2 heterocycles. The molecule has 12 heavy (non-hydrogen) atoms. The van der Waals surface area contributed by atoms with Gasteiger partial charge in [0, 0.05) is 6.42 Å². The Morgan fingerprint density at radius 2 is 2.33 bits per heavy atom. The summed E-state index contributed by atoms with van der Waals surface area (Å²) in [4.78, 5) is 13.5. The number of rotatable bonds is 0. The van der Waals surface area contributed by atoms with Crippen LogP contribution in [0.25, 0.3) is 0 Å². The van der Waals surface area contributed by atoms with E-state index in [0.717, 1.165) is 19.4 Å². The first-order valence-corrected chi connectivity index (χ1v) is 4.57. The van der Waals surface area contributed by atoms with Crippen molar-refractivity contribution in [2.24, 2.45) is 0 Å². The molecule has 0 saturated carbocycles. The summed E-state index contributed by atoms with van der Waals surface area (Å²) < 4.78 is 5.56. The molecule has 2 aliphatic heterocycles. The Labute approximate surface area is 72.7 Å². The van der Waals surface area contributed by atoms with Crippen molar-refractivity contribution in [2.75, 3.05) is 6.61 Å². The maximum absolute atomic E-state index is 11.5. The third-order valence-corrected chi connectivity index (χ3v) is 2.77. The van der Waals surface area contributed by atoms with E-state index < -0.39 is 0 Å². The van der Waals surface area contributed by atoms with Gasteiger partial charge in [-0.2, -0.15) is 0 Å². The number of nitrogens with zero attached hydrogens (tertiary/aromatic N) is 1. The van der Waals surface area contributed by atoms with Gasteiger partial charge in [-0.15, -0.1) is 0 Å². The molecule has 0 aromatic heterocycles. The van der Waals surface area contributed by atoms with Gasteiger partial charge in [-0.25, -0.2) is 0 Å². The highest BCUT2D eigenvalue weighted by Crippen LogP contribution is 2.33. The fourth-order valence-corrected chi connectivity index (χ4v) is 2.21. The van der Waals surface area contributed by atoms with Crippen molar-refractivity contribution in [3.8, 4) is 0 Å². The van der Waals surface area contributed by atoms with Crippen molar-refractivity contribution in [1.82, 2.24) is 4.90 Å². The van der Waals surface area contributed by atoms with Crippen LogP contribution in [-0.2, 0) is 9.53 Å². The lowest BCUT2D eigenvalue weighted by Gasteiger charge is -2.36.